The molecule has 9 nitrogen and oxygen atoms in total. The van der Waals surface area contributed by atoms with Gasteiger partial charge in [-0.1, -0.05) is 0 Å². The van der Waals surface area contributed by atoms with Crippen molar-refractivity contribution in [2.75, 3.05) is 44.1 Å². The van der Waals surface area contributed by atoms with Crippen molar-refractivity contribution in [3.63, 3.8) is 0 Å². The lowest BCUT2D eigenvalue weighted by atomic mass is 10.0. The minimum atomic E-state index is -3.85. The molecule has 1 aliphatic carbocycles. The maximum absolute atomic E-state index is 15.2. The predicted molar refractivity (Wildman–Crippen MR) is 130 cm³/mol. The van der Waals surface area contributed by atoms with Crippen molar-refractivity contribution in [1.82, 2.24) is 9.97 Å². The van der Waals surface area contributed by atoms with Gasteiger partial charge in [0, 0.05) is 31.0 Å². The first-order chi connectivity index (χ1) is 17.7. The van der Waals surface area contributed by atoms with Crippen LogP contribution < -0.4 is 9.64 Å². The smallest absolute Gasteiger partial charge is 0.213 e. The number of hydrogen-bond donors (Lipinski definition) is 2. The zero-order chi connectivity index (χ0) is 25.9. The van der Waals surface area contributed by atoms with Crippen LogP contribution in [0, 0.1) is 17.6 Å². The van der Waals surface area contributed by atoms with Crippen molar-refractivity contribution in [3.8, 4) is 17.1 Å². The molecule has 3 aromatic rings. The third-order valence-corrected chi connectivity index (χ3v) is 8.51. The largest absolute Gasteiger partial charge is 0.472 e. The number of nitrogens with zero attached hydrogens (tertiary/aromatic N) is 2. The molecule has 2 aromatic heterocycles. The van der Waals surface area contributed by atoms with Gasteiger partial charge >= 0.3 is 0 Å². The van der Waals surface area contributed by atoms with E-state index in [1.807, 2.05) is 4.90 Å². The Bertz CT molecular complexity index is 1430. The monoisotopic (exact) mass is 535 g/mol. The molecule has 3 fully saturated rings. The molecule has 2 saturated heterocycles. The summed E-state index contributed by atoms with van der Waals surface area (Å²) in [6.07, 6.45) is 0.965. The molecule has 1 unspecified atom stereocenters. The average molecular weight is 536 g/mol. The highest BCUT2D eigenvalue weighted by Gasteiger charge is 2.47. The molecule has 2 N–H and O–H groups in total. The molecule has 3 aliphatic rings. The second-order valence-corrected chi connectivity index (χ2v) is 11.7. The van der Waals surface area contributed by atoms with Crippen LogP contribution in [-0.2, 0) is 19.3 Å². The Hall–Kier alpha value is -2.80. The quantitative estimate of drug-likeness (QED) is 0.513. The van der Waals surface area contributed by atoms with Crippen molar-refractivity contribution >= 4 is 26.6 Å². The Kier molecular flexibility index (Phi) is 6.09. The summed E-state index contributed by atoms with van der Waals surface area (Å²) in [4.78, 5) is 8.99. The fourth-order valence-corrected chi connectivity index (χ4v) is 6.55. The number of morpholine rings is 1. The number of pyridine rings is 1. The van der Waals surface area contributed by atoms with Crippen molar-refractivity contribution in [2.45, 2.75) is 36.0 Å². The lowest BCUT2D eigenvalue weighted by molar-refractivity contribution is 0.0142. The Morgan fingerprint density at radius 2 is 1.89 bits per heavy atom. The highest BCUT2D eigenvalue weighted by atomic mass is 32.2. The standard InChI is InChI=1S/C25H27F2N3O6S/c1-37(32,33)24-22-18(29-25(24)36-20-5-2-14-19(31)12-35-23(14)20)4-3-17(28-22)21-15(26)10-13(11-16(21)27)30-6-8-34-9-7-30/h3-4,10-11,14,19-20,23,29,31H,2,5-9,12H2,1H3/t14?,19-,20-,23+/m1/s1. The van der Waals surface area contributed by atoms with E-state index in [0.717, 1.165) is 6.26 Å². The van der Waals surface area contributed by atoms with E-state index in [0.29, 0.717) is 50.3 Å². The van der Waals surface area contributed by atoms with Gasteiger partial charge in [0.15, 0.2) is 14.7 Å². The van der Waals surface area contributed by atoms with E-state index in [9.17, 15) is 13.5 Å². The Morgan fingerprint density at radius 3 is 2.59 bits per heavy atom. The van der Waals surface area contributed by atoms with Crippen LogP contribution in [-0.4, -0.2) is 81.0 Å². The Morgan fingerprint density at radius 1 is 1.16 bits per heavy atom. The topological polar surface area (TPSA) is 114 Å². The highest BCUT2D eigenvalue weighted by molar-refractivity contribution is 7.91. The van der Waals surface area contributed by atoms with Crippen LogP contribution >= 0.6 is 0 Å². The zero-order valence-corrected chi connectivity index (χ0v) is 20.9. The molecule has 37 heavy (non-hydrogen) atoms. The molecule has 4 heterocycles. The second kappa shape index (κ2) is 9.19. The Balaban J connectivity index is 1.38. The van der Waals surface area contributed by atoms with Crippen LogP contribution in [0.5, 0.6) is 5.88 Å². The molecule has 0 amide bonds. The SMILES string of the molecule is CS(=O)(=O)c1c(O[C@@H]2CCC3[C@H](O)CO[C@@H]32)[nH]c2ccc(-c3c(F)cc(N4CCOCC4)cc3F)nc12. The maximum atomic E-state index is 15.2. The van der Waals surface area contributed by atoms with E-state index in [-0.39, 0.29) is 46.2 Å². The highest BCUT2D eigenvalue weighted by Crippen LogP contribution is 2.41. The molecule has 6 rings (SSSR count). The molecule has 0 spiro atoms. The van der Waals surface area contributed by atoms with Crippen LogP contribution in [0.25, 0.3) is 22.3 Å². The normalized spacial score (nSPS) is 26.1. The van der Waals surface area contributed by atoms with Gasteiger partial charge in [-0.15, -0.1) is 0 Å². The summed E-state index contributed by atoms with van der Waals surface area (Å²) in [5.41, 5.74) is 0.426. The second-order valence-electron chi connectivity index (χ2n) is 9.79. The summed E-state index contributed by atoms with van der Waals surface area (Å²) in [6.45, 7) is 2.22. The predicted octanol–water partition coefficient (Wildman–Crippen LogP) is 2.67. The molecule has 198 valence electrons. The summed E-state index contributed by atoms with van der Waals surface area (Å²) in [6, 6.07) is 5.48. The number of rotatable bonds is 5. The third-order valence-electron chi connectivity index (χ3n) is 7.39. The fourth-order valence-electron chi connectivity index (χ4n) is 5.61. The number of aliphatic hydroxyl groups excluding tert-OH is 1. The van der Waals surface area contributed by atoms with Gasteiger partial charge in [-0.3, -0.25) is 0 Å². The van der Waals surface area contributed by atoms with Crippen LogP contribution in [0.2, 0.25) is 0 Å². The molecule has 0 radical (unpaired) electrons. The van der Waals surface area contributed by atoms with Gasteiger partial charge in [0.05, 0.1) is 48.8 Å². The van der Waals surface area contributed by atoms with Crippen molar-refractivity contribution in [1.29, 1.82) is 0 Å². The number of aromatic amines is 1. The van der Waals surface area contributed by atoms with Crippen molar-refractivity contribution < 1.29 is 36.5 Å². The summed E-state index contributed by atoms with van der Waals surface area (Å²) in [5.74, 6) is -1.65. The summed E-state index contributed by atoms with van der Waals surface area (Å²) >= 11 is 0. The van der Waals surface area contributed by atoms with E-state index in [1.54, 1.807) is 0 Å². The number of ether oxygens (including phenoxy) is 3. The molecular formula is C25H27F2N3O6S. The van der Waals surface area contributed by atoms with Gasteiger partial charge in [0.1, 0.15) is 23.3 Å². The van der Waals surface area contributed by atoms with Gasteiger partial charge in [0.25, 0.3) is 0 Å². The first-order valence-corrected chi connectivity index (χ1v) is 14.1. The number of aromatic nitrogens is 2. The number of hydrogen-bond acceptors (Lipinski definition) is 8. The van der Waals surface area contributed by atoms with Crippen molar-refractivity contribution in [3.05, 3.63) is 35.9 Å². The van der Waals surface area contributed by atoms with Crippen molar-refractivity contribution in [2.24, 2.45) is 5.92 Å². The number of sulfone groups is 1. The van der Waals surface area contributed by atoms with Gasteiger partial charge < -0.3 is 29.2 Å². The molecule has 12 heteroatoms. The summed E-state index contributed by atoms with van der Waals surface area (Å²) in [5, 5.41) is 10.1. The molecule has 1 saturated carbocycles. The minimum absolute atomic E-state index is 0.00130. The third kappa shape index (κ3) is 4.35. The summed E-state index contributed by atoms with van der Waals surface area (Å²) < 4.78 is 73.1. The van der Waals surface area contributed by atoms with Gasteiger partial charge in [-0.05, 0) is 37.1 Å². The average Bonchev–Trinajstić information content (AvgIpc) is 3.53. The number of aliphatic hydroxyl groups is 1. The van der Waals surface area contributed by atoms with Crippen LogP contribution in [0.15, 0.2) is 29.2 Å². The lowest BCUT2D eigenvalue weighted by Gasteiger charge is -2.29. The van der Waals surface area contributed by atoms with E-state index >= 15 is 8.78 Å². The number of nitrogens with one attached hydrogen (secondary N) is 1. The summed E-state index contributed by atoms with van der Waals surface area (Å²) in [7, 11) is -3.85. The van der Waals surface area contributed by atoms with Crippen LogP contribution in [0.4, 0.5) is 14.5 Å². The molecular weight excluding hydrogens is 508 g/mol. The van der Waals surface area contributed by atoms with E-state index in [4.69, 9.17) is 14.2 Å². The fraction of sp³-hybridized carbons (Fsp3) is 0.480. The number of H-pyrrole nitrogens is 1. The van der Waals surface area contributed by atoms with E-state index in [1.165, 1.54) is 24.3 Å². The number of halogens is 2. The molecule has 1 aromatic carbocycles. The first kappa shape index (κ1) is 24.5. The van der Waals surface area contributed by atoms with Crippen LogP contribution in [0.1, 0.15) is 12.8 Å². The molecule has 0 bridgehead atoms. The van der Waals surface area contributed by atoms with E-state index in [2.05, 4.69) is 9.97 Å². The first-order valence-electron chi connectivity index (χ1n) is 12.2. The maximum Gasteiger partial charge on any atom is 0.213 e. The molecule has 2 aliphatic heterocycles. The Labute approximate surface area is 212 Å². The number of fused-ring (bicyclic) bond motifs is 2. The molecule has 4 atom stereocenters. The van der Waals surface area contributed by atoms with Gasteiger partial charge in [0.2, 0.25) is 5.88 Å². The van der Waals surface area contributed by atoms with E-state index < -0.39 is 33.7 Å². The zero-order valence-electron chi connectivity index (χ0n) is 20.1. The van der Waals surface area contributed by atoms with Crippen LogP contribution in [0.3, 0.4) is 0 Å². The van der Waals surface area contributed by atoms with Gasteiger partial charge in [-0.25, -0.2) is 22.2 Å². The lowest BCUT2D eigenvalue weighted by Crippen LogP contribution is -2.36. The number of benzene rings is 1. The number of anilines is 1. The minimum Gasteiger partial charge on any atom is -0.472 e. The van der Waals surface area contributed by atoms with Gasteiger partial charge in [-0.2, -0.15) is 0 Å².